The van der Waals surface area contributed by atoms with Crippen molar-refractivity contribution < 1.29 is 14.4 Å². The lowest BCUT2D eigenvalue weighted by Crippen LogP contribution is -2.52. The first-order chi connectivity index (χ1) is 9.49. The molecule has 1 atom stereocenters. The number of benzene rings is 1. The van der Waals surface area contributed by atoms with Gasteiger partial charge in [0.2, 0.25) is 11.8 Å². The number of anilines is 1. The van der Waals surface area contributed by atoms with Gasteiger partial charge in [-0.1, -0.05) is 0 Å². The summed E-state index contributed by atoms with van der Waals surface area (Å²) in [5.74, 6) is -0.925. The number of fused-ring (bicyclic) bond motifs is 1. The molecular formula is C13H12IN3O3. The highest BCUT2D eigenvalue weighted by Crippen LogP contribution is 2.33. The number of amides is 3. The largest absolute Gasteiger partial charge is 0.398 e. The van der Waals surface area contributed by atoms with Crippen molar-refractivity contribution in [1.82, 2.24) is 10.2 Å². The Morgan fingerprint density at radius 2 is 2.05 bits per heavy atom. The maximum absolute atomic E-state index is 12.5. The molecule has 7 heteroatoms. The molecule has 0 aliphatic carbocycles. The average Bonchev–Trinajstić information content (AvgIpc) is 2.73. The zero-order valence-electron chi connectivity index (χ0n) is 10.5. The van der Waals surface area contributed by atoms with Crippen molar-refractivity contribution in [3.05, 3.63) is 26.8 Å². The Kier molecular flexibility index (Phi) is 3.15. The molecule has 2 aliphatic heterocycles. The normalized spacial score (nSPS) is 21.9. The van der Waals surface area contributed by atoms with Crippen molar-refractivity contribution in [2.45, 2.75) is 25.4 Å². The molecule has 0 spiro atoms. The number of nitrogens with two attached hydrogens (primary N) is 1. The van der Waals surface area contributed by atoms with Crippen LogP contribution in [0.5, 0.6) is 0 Å². The van der Waals surface area contributed by atoms with Crippen molar-refractivity contribution in [2.24, 2.45) is 0 Å². The third kappa shape index (κ3) is 1.96. The lowest BCUT2D eigenvalue weighted by Gasteiger charge is -2.29. The first kappa shape index (κ1) is 13.3. The number of carbonyl (C=O) groups excluding carboxylic acids is 3. The third-order valence-corrected chi connectivity index (χ3v) is 4.69. The van der Waals surface area contributed by atoms with Gasteiger partial charge in [-0.2, -0.15) is 0 Å². The van der Waals surface area contributed by atoms with Gasteiger partial charge < -0.3 is 10.6 Å². The summed E-state index contributed by atoms with van der Waals surface area (Å²) in [7, 11) is 0. The molecule has 3 N–H and O–H groups in total. The van der Waals surface area contributed by atoms with Crippen LogP contribution < -0.4 is 11.1 Å². The van der Waals surface area contributed by atoms with Crippen LogP contribution in [0.4, 0.5) is 5.69 Å². The maximum Gasteiger partial charge on any atom is 0.257 e. The fourth-order valence-corrected chi connectivity index (χ4v) is 3.28. The topological polar surface area (TPSA) is 92.5 Å². The predicted molar refractivity (Wildman–Crippen MR) is 79.6 cm³/mol. The van der Waals surface area contributed by atoms with E-state index in [2.05, 4.69) is 27.9 Å². The van der Waals surface area contributed by atoms with E-state index in [1.165, 1.54) is 4.90 Å². The smallest absolute Gasteiger partial charge is 0.257 e. The highest BCUT2D eigenvalue weighted by atomic mass is 127. The summed E-state index contributed by atoms with van der Waals surface area (Å²) in [5.41, 5.74) is 7.65. The van der Waals surface area contributed by atoms with Crippen LogP contribution in [0.15, 0.2) is 12.1 Å². The number of imide groups is 1. The van der Waals surface area contributed by atoms with Crippen LogP contribution in [0, 0.1) is 3.57 Å². The number of halogens is 1. The van der Waals surface area contributed by atoms with Crippen LogP contribution in [0.25, 0.3) is 0 Å². The number of nitrogen functional groups attached to an aromatic ring is 1. The Bertz CT molecular complexity index is 644. The number of hydrogen-bond acceptors (Lipinski definition) is 4. The zero-order valence-corrected chi connectivity index (χ0v) is 12.6. The van der Waals surface area contributed by atoms with Gasteiger partial charge >= 0.3 is 0 Å². The maximum atomic E-state index is 12.5. The van der Waals surface area contributed by atoms with E-state index in [0.29, 0.717) is 24.2 Å². The molecule has 0 saturated carbocycles. The highest BCUT2D eigenvalue weighted by Gasteiger charge is 2.40. The SMILES string of the molecule is Nc1ccc(I)c2c1C(=O)N(C1CCC(=O)NC1=O)C2. The van der Waals surface area contributed by atoms with Gasteiger partial charge in [0.1, 0.15) is 6.04 Å². The van der Waals surface area contributed by atoms with E-state index >= 15 is 0 Å². The minimum atomic E-state index is -0.595. The minimum absolute atomic E-state index is 0.231. The Balaban J connectivity index is 1.94. The molecule has 0 aromatic heterocycles. The van der Waals surface area contributed by atoms with Gasteiger partial charge in [0.15, 0.2) is 0 Å². The summed E-state index contributed by atoms with van der Waals surface area (Å²) in [5, 5.41) is 2.28. The van der Waals surface area contributed by atoms with Crippen molar-refractivity contribution in [2.75, 3.05) is 5.73 Å². The van der Waals surface area contributed by atoms with Gasteiger partial charge in [0, 0.05) is 22.2 Å². The molecule has 20 heavy (non-hydrogen) atoms. The summed E-state index contributed by atoms with van der Waals surface area (Å²) in [6.07, 6.45) is 0.615. The van der Waals surface area contributed by atoms with Crippen LogP contribution in [-0.4, -0.2) is 28.7 Å². The summed E-state index contributed by atoms with van der Waals surface area (Å²) in [6, 6.07) is 2.96. The highest BCUT2D eigenvalue weighted by molar-refractivity contribution is 14.1. The molecule has 104 valence electrons. The Morgan fingerprint density at radius 3 is 2.70 bits per heavy atom. The zero-order chi connectivity index (χ0) is 14.4. The van der Waals surface area contributed by atoms with Gasteiger partial charge in [-0.05, 0) is 46.7 Å². The molecule has 0 bridgehead atoms. The summed E-state index contributed by atoms with van der Waals surface area (Å²) < 4.78 is 0.954. The molecule has 2 heterocycles. The summed E-state index contributed by atoms with van der Waals surface area (Å²) >= 11 is 2.15. The van der Waals surface area contributed by atoms with Crippen molar-refractivity contribution in [3.8, 4) is 0 Å². The van der Waals surface area contributed by atoms with Crippen LogP contribution in [0.2, 0.25) is 0 Å². The minimum Gasteiger partial charge on any atom is -0.398 e. The second-order valence-electron chi connectivity index (χ2n) is 4.89. The Labute approximate surface area is 128 Å². The van der Waals surface area contributed by atoms with E-state index < -0.39 is 11.9 Å². The van der Waals surface area contributed by atoms with Gasteiger partial charge in [-0.25, -0.2) is 0 Å². The van der Waals surface area contributed by atoms with Crippen molar-refractivity contribution in [3.63, 3.8) is 0 Å². The molecule has 1 fully saturated rings. The van der Waals surface area contributed by atoms with Gasteiger partial charge in [0.25, 0.3) is 5.91 Å². The number of carbonyl (C=O) groups is 3. The first-order valence-electron chi connectivity index (χ1n) is 6.20. The van der Waals surface area contributed by atoms with Crippen LogP contribution in [0.3, 0.4) is 0 Å². The van der Waals surface area contributed by atoms with E-state index in [9.17, 15) is 14.4 Å². The van der Waals surface area contributed by atoms with E-state index in [0.717, 1.165) is 9.13 Å². The van der Waals surface area contributed by atoms with Gasteiger partial charge in [0.05, 0.1) is 5.56 Å². The molecule has 0 radical (unpaired) electrons. The molecule has 3 rings (SSSR count). The number of hydrogen-bond donors (Lipinski definition) is 2. The average molecular weight is 385 g/mol. The molecule has 1 saturated heterocycles. The van der Waals surface area contributed by atoms with Crippen molar-refractivity contribution in [1.29, 1.82) is 0 Å². The Morgan fingerprint density at radius 1 is 1.30 bits per heavy atom. The van der Waals surface area contributed by atoms with Gasteiger partial charge in [-0.15, -0.1) is 0 Å². The number of rotatable bonds is 1. The molecular weight excluding hydrogens is 373 g/mol. The number of piperidine rings is 1. The van der Waals surface area contributed by atoms with Crippen LogP contribution in [-0.2, 0) is 16.1 Å². The number of nitrogens with zero attached hydrogens (tertiary/aromatic N) is 1. The van der Waals surface area contributed by atoms with Crippen LogP contribution >= 0.6 is 22.6 Å². The third-order valence-electron chi connectivity index (χ3n) is 3.68. The lowest BCUT2D eigenvalue weighted by atomic mass is 10.0. The van der Waals surface area contributed by atoms with E-state index in [4.69, 9.17) is 5.73 Å². The molecule has 1 unspecified atom stereocenters. The first-order valence-corrected chi connectivity index (χ1v) is 7.28. The lowest BCUT2D eigenvalue weighted by molar-refractivity contribution is -0.136. The number of nitrogens with one attached hydrogen (secondary N) is 1. The van der Waals surface area contributed by atoms with E-state index in [1.54, 1.807) is 6.07 Å². The fraction of sp³-hybridized carbons (Fsp3) is 0.308. The van der Waals surface area contributed by atoms with E-state index in [1.807, 2.05) is 6.07 Å². The summed E-state index contributed by atoms with van der Waals surface area (Å²) in [4.78, 5) is 37.1. The molecule has 3 amide bonds. The second-order valence-corrected chi connectivity index (χ2v) is 6.05. The standard InChI is InChI=1S/C13H12IN3O3/c14-7-1-2-8(15)11-6(7)5-17(13(11)20)9-3-4-10(18)16-12(9)19/h1-2,9H,3-5,15H2,(H,16,18,19). The van der Waals surface area contributed by atoms with E-state index in [-0.39, 0.29) is 18.2 Å². The second kappa shape index (κ2) is 4.72. The fourth-order valence-electron chi connectivity index (χ4n) is 2.66. The molecule has 6 nitrogen and oxygen atoms in total. The molecule has 1 aromatic carbocycles. The summed E-state index contributed by atoms with van der Waals surface area (Å²) in [6.45, 7) is 0.365. The van der Waals surface area contributed by atoms with Crippen LogP contribution in [0.1, 0.15) is 28.8 Å². The molecule has 1 aromatic rings. The monoisotopic (exact) mass is 385 g/mol. The van der Waals surface area contributed by atoms with Crippen molar-refractivity contribution >= 4 is 46.0 Å². The predicted octanol–water partition coefficient (Wildman–Crippen LogP) is 0.634. The quantitative estimate of drug-likeness (QED) is 0.422. The Hall–Kier alpha value is -1.64. The molecule has 2 aliphatic rings. The van der Waals surface area contributed by atoms with Gasteiger partial charge in [-0.3, -0.25) is 19.7 Å².